The minimum Gasteiger partial charge on any atom is -0.497 e. The quantitative estimate of drug-likeness (QED) is 0.821. The van der Waals surface area contributed by atoms with E-state index in [1.54, 1.807) is 16.9 Å². The molecule has 0 saturated carbocycles. The number of nitrogens with zero attached hydrogens (tertiary/aromatic N) is 4. The lowest BCUT2D eigenvalue weighted by Gasteiger charge is -2.36. The maximum absolute atomic E-state index is 13.3. The number of nitriles is 1. The number of methoxy groups -OCH3 is 1. The van der Waals surface area contributed by atoms with E-state index in [0.29, 0.717) is 40.3 Å². The average molecular weight is 398 g/mol. The van der Waals surface area contributed by atoms with Gasteiger partial charge in [-0.25, -0.2) is 4.99 Å². The number of amides is 1. The molecule has 2 N–H and O–H groups in total. The van der Waals surface area contributed by atoms with Crippen LogP contribution in [0.15, 0.2) is 51.3 Å². The van der Waals surface area contributed by atoms with E-state index in [1.165, 1.54) is 11.8 Å². The smallest absolute Gasteiger partial charge is 0.254 e. The minimum atomic E-state index is -0.454. The molecule has 0 unspecified atom stereocenters. The summed E-state index contributed by atoms with van der Waals surface area (Å²) in [5.74, 6) is 0.974. The van der Waals surface area contributed by atoms with Crippen molar-refractivity contribution >= 4 is 22.8 Å². The summed E-state index contributed by atoms with van der Waals surface area (Å²) >= 11 is 1.23. The Labute approximate surface area is 169 Å². The Morgan fingerprint density at radius 3 is 2.54 bits per heavy atom. The van der Waals surface area contributed by atoms with Gasteiger partial charge in [-0.05, 0) is 50.2 Å². The van der Waals surface area contributed by atoms with Crippen LogP contribution >= 0.6 is 11.8 Å². The van der Waals surface area contributed by atoms with E-state index in [4.69, 9.17) is 10.5 Å². The first-order valence-electron chi connectivity index (χ1n) is 9.06. The van der Waals surface area contributed by atoms with Gasteiger partial charge in [0.15, 0.2) is 5.17 Å². The predicted molar refractivity (Wildman–Crippen MR) is 110 cm³/mol. The third-order valence-electron chi connectivity index (χ3n) is 4.89. The van der Waals surface area contributed by atoms with Crippen molar-refractivity contribution < 1.29 is 9.53 Å². The van der Waals surface area contributed by atoms with Crippen molar-refractivity contribution in [2.75, 3.05) is 20.2 Å². The fraction of sp³-hybridized carbons (Fsp3) is 0.350. The number of carbonyl (C=O) groups is 1. The van der Waals surface area contributed by atoms with Crippen LogP contribution < -0.4 is 10.5 Å². The number of aliphatic imine (C=N–C) groups is 1. The molecule has 2 aliphatic heterocycles. The van der Waals surface area contributed by atoms with Gasteiger partial charge in [-0.15, -0.1) is 0 Å². The highest BCUT2D eigenvalue weighted by molar-refractivity contribution is 8.17. The maximum Gasteiger partial charge on any atom is 0.254 e. The Bertz CT molecular complexity index is 923. The molecule has 0 aromatic heterocycles. The Morgan fingerprint density at radius 1 is 1.36 bits per heavy atom. The largest absolute Gasteiger partial charge is 0.497 e. The number of hydrogen-bond donors (Lipinski definition) is 1. The number of thioether (sulfide) groups is 1. The third-order valence-corrected chi connectivity index (χ3v) is 5.87. The second-order valence-electron chi connectivity index (χ2n) is 6.34. The van der Waals surface area contributed by atoms with E-state index in [1.807, 2.05) is 45.0 Å². The monoisotopic (exact) mass is 397 g/mol. The number of fused-ring (bicyclic) bond motifs is 1. The van der Waals surface area contributed by atoms with Crippen molar-refractivity contribution in [2.24, 2.45) is 10.7 Å². The molecule has 1 amide bonds. The van der Waals surface area contributed by atoms with E-state index in [-0.39, 0.29) is 5.91 Å². The highest BCUT2D eigenvalue weighted by Gasteiger charge is 2.42. The Kier molecular flexibility index (Phi) is 5.66. The van der Waals surface area contributed by atoms with Gasteiger partial charge in [0.05, 0.1) is 24.4 Å². The van der Waals surface area contributed by atoms with Crippen LogP contribution in [0.4, 0.5) is 0 Å². The van der Waals surface area contributed by atoms with Crippen LogP contribution in [0.5, 0.6) is 5.75 Å². The normalized spacial score (nSPS) is 18.6. The number of benzene rings is 1. The van der Waals surface area contributed by atoms with Crippen LogP contribution in [0.1, 0.15) is 32.4 Å². The van der Waals surface area contributed by atoms with E-state index >= 15 is 0 Å². The second-order valence-corrected chi connectivity index (χ2v) is 7.32. The molecule has 146 valence electrons. The topological polar surface area (TPSA) is 95.0 Å². The summed E-state index contributed by atoms with van der Waals surface area (Å²) in [6, 6.07) is 9.20. The van der Waals surface area contributed by atoms with Gasteiger partial charge in [0, 0.05) is 13.1 Å². The fourth-order valence-corrected chi connectivity index (χ4v) is 4.31. The zero-order valence-corrected chi connectivity index (χ0v) is 17.2. The molecule has 28 heavy (non-hydrogen) atoms. The lowest BCUT2D eigenvalue weighted by atomic mass is 9.93. The molecule has 0 saturated heterocycles. The van der Waals surface area contributed by atoms with Gasteiger partial charge in [0.1, 0.15) is 22.5 Å². The van der Waals surface area contributed by atoms with Gasteiger partial charge < -0.3 is 15.4 Å². The molecule has 0 bridgehead atoms. The Hall–Kier alpha value is -2.92. The lowest BCUT2D eigenvalue weighted by molar-refractivity contribution is -0.127. The highest BCUT2D eigenvalue weighted by atomic mass is 32.2. The molecule has 7 nitrogen and oxygen atoms in total. The van der Waals surface area contributed by atoms with Crippen LogP contribution in [-0.2, 0) is 4.79 Å². The zero-order valence-electron chi connectivity index (χ0n) is 16.4. The van der Waals surface area contributed by atoms with Gasteiger partial charge in [0.25, 0.3) is 5.91 Å². The molecule has 2 aliphatic rings. The molecule has 1 atom stereocenters. The number of rotatable bonds is 5. The molecule has 0 radical (unpaired) electrons. The highest BCUT2D eigenvalue weighted by Crippen LogP contribution is 2.45. The number of allylic oxidation sites excluding steroid dienone is 2. The van der Waals surface area contributed by atoms with Crippen LogP contribution in [0, 0.1) is 11.3 Å². The van der Waals surface area contributed by atoms with Crippen LogP contribution in [0.3, 0.4) is 0 Å². The predicted octanol–water partition coefficient (Wildman–Crippen LogP) is 2.95. The molecule has 8 heteroatoms. The van der Waals surface area contributed by atoms with Crippen LogP contribution in [0.2, 0.25) is 0 Å². The molecule has 2 heterocycles. The van der Waals surface area contributed by atoms with Gasteiger partial charge in [-0.3, -0.25) is 9.69 Å². The Morgan fingerprint density at radius 2 is 2.00 bits per heavy atom. The summed E-state index contributed by atoms with van der Waals surface area (Å²) < 4.78 is 5.26. The number of carbonyl (C=O) groups excluding carboxylic acids is 1. The van der Waals surface area contributed by atoms with Gasteiger partial charge in [-0.2, -0.15) is 5.26 Å². The summed E-state index contributed by atoms with van der Waals surface area (Å²) in [4.78, 5) is 21.9. The third kappa shape index (κ3) is 3.22. The van der Waals surface area contributed by atoms with Crippen molar-refractivity contribution in [1.29, 1.82) is 5.26 Å². The molecule has 0 spiro atoms. The molecule has 1 aromatic carbocycles. The van der Waals surface area contributed by atoms with Crippen LogP contribution in [-0.4, -0.2) is 41.1 Å². The maximum atomic E-state index is 13.3. The lowest BCUT2D eigenvalue weighted by Crippen LogP contribution is -2.42. The van der Waals surface area contributed by atoms with Crippen LogP contribution in [0.25, 0.3) is 0 Å². The first-order valence-corrected chi connectivity index (χ1v) is 9.88. The molecular weight excluding hydrogens is 374 g/mol. The van der Waals surface area contributed by atoms with Crippen molar-refractivity contribution in [3.8, 4) is 11.8 Å². The summed E-state index contributed by atoms with van der Waals surface area (Å²) in [6.07, 6.45) is 0. The molecule has 3 rings (SSSR count). The van der Waals surface area contributed by atoms with Gasteiger partial charge in [0.2, 0.25) is 0 Å². The molecular formula is C20H23N5O2S. The Balaban J connectivity index is 2.17. The number of nitrogens with two attached hydrogens (primary N) is 1. The van der Waals surface area contributed by atoms with E-state index in [9.17, 15) is 10.1 Å². The number of amidine groups is 1. The van der Waals surface area contributed by atoms with Crippen molar-refractivity contribution in [1.82, 2.24) is 9.80 Å². The minimum absolute atomic E-state index is 0.0747. The molecule has 1 aromatic rings. The summed E-state index contributed by atoms with van der Waals surface area (Å²) in [6.45, 7) is 6.93. The summed E-state index contributed by atoms with van der Waals surface area (Å²) in [7, 11) is 1.61. The SMILES string of the molecule is CCN(CC)C(=O)C1=C(C)N=C2SC(C#N)=C(N)N2[C@@H]1c1ccc(OC)cc1. The van der Waals surface area contributed by atoms with Crippen molar-refractivity contribution in [2.45, 2.75) is 26.8 Å². The standard InChI is InChI=1S/C20H23N5O2S/c1-5-24(6-2)19(26)16-12(3)23-20-25(18(22)15(11-21)28-20)17(16)13-7-9-14(27-4)10-8-13/h7-10,17H,5-6,22H2,1-4H3/t17-/m1/s1. The average Bonchev–Trinajstić information content (AvgIpc) is 3.03. The fourth-order valence-electron chi connectivity index (χ4n) is 3.40. The first-order chi connectivity index (χ1) is 13.5. The number of hydrogen-bond acceptors (Lipinski definition) is 7. The molecule has 0 aliphatic carbocycles. The van der Waals surface area contributed by atoms with E-state index in [0.717, 1.165) is 11.3 Å². The first kappa shape index (κ1) is 19.8. The summed E-state index contributed by atoms with van der Waals surface area (Å²) in [5, 5.41) is 10.0. The van der Waals surface area contributed by atoms with Crippen molar-refractivity contribution in [3.05, 3.63) is 51.8 Å². The number of ether oxygens (including phenoxy) is 1. The summed E-state index contributed by atoms with van der Waals surface area (Å²) in [5.41, 5.74) is 8.38. The van der Waals surface area contributed by atoms with E-state index in [2.05, 4.69) is 11.1 Å². The second kappa shape index (κ2) is 7.98. The van der Waals surface area contributed by atoms with Crippen molar-refractivity contribution in [3.63, 3.8) is 0 Å². The number of likely N-dealkylation sites (N-methyl/N-ethyl adjacent to an activating group) is 1. The van der Waals surface area contributed by atoms with E-state index < -0.39 is 6.04 Å². The van der Waals surface area contributed by atoms with Gasteiger partial charge in [-0.1, -0.05) is 12.1 Å². The molecule has 0 fully saturated rings. The zero-order chi connectivity index (χ0) is 20.4. The van der Waals surface area contributed by atoms with Gasteiger partial charge >= 0.3 is 0 Å².